The van der Waals surface area contributed by atoms with Crippen LogP contribution in [0.15, 0.2) is 34.2 Å². The molecular weight excluding hydrogens is 336 g/mol. The summed E-state index contributed by atoms with van der Waals surface area (Å²) in [6, 6.07) is 7.03. The minimum Gasteiger partial charge on any atom is -0.356 e. The lowest BCUT2D eigenvalue weighted by molar-refractivity contribution is 0.293. The van der Waals surface area contributed by atoms with E-state index >= 15 is 0 Å². The molecule has 25 heavy (non-hydrogen) atoms. The van der Waals surface area contributed by atoms with Crippen LogP contribution in [0.1, 0.15) is 25.8 Å². The fraction of sp³-hybridized carbons (Fsp3) is 0.611. The molecule has 1 aromatic rings. The maximum absolute atomic E-state index is 11.5. The van der Waals surface area contributed by atoms with E-state index in [2.05, 4.69) is 34.4 Å². The zero-order valence-electron chi connectivity index (χ0n) is 15.9. The maximum Gasteiger partial charge on any atom is 0.191 e. The predicted octanol–water partition coefficient (Wildman–Crippen LogP) is 1.53. The van der Waals surface area contributed by atoms with E-state index in [1.807, 2.05) is 12.1 Å². The van der Waals surface area contributed by atoms with E-state index in [1.54, 1.807) is 19.2 Å². The summed E-state index contributed by atoms with van der Waals surface area (Å²) >= 11 is 0. The van der Waals surface area contributed by atoms with Crippen LogP contribution in [0.25, 0.3) is 0 Å². The highest BCUT2D eigenvalue weighted by Crippen LogP contribution is 2.10. The molecule has 0 bridgehead atoms. The lowest BCUT2D eigenvalue weighted by atomic mass is 10.1. The SMILES string of the molecule is CCCN(CC)CCNC(=NC)NCCc1ccc(S(C)(=O)=O)cc1. The Morgan fingerprint density at radius 3 is 2.24 bits per heavy atom. The lowest BCUT2D eigenvalue weighted by Crippen LogP contribution is -2.42. The summed E-state index contributed by atoms with van der Waals surface area (Å²) in [7, 11) is -1.37. The van der Waals surface area contributed by atoms with Gasteiger partial charge in [0.05, 0.1) is 4.90 Å². The van der Waals surface area contributed by atoms with Gasteiger partial charge in [0.2, 0.25) is 0 Å². The highest BCUT2D eigenvalue weighted by Gasteiger charge is 2.06. The van der Waals surface area contributed by atoms with Crippen LogP contribution >= 0.6 is 0 Å². The molecule has 1 aromatic carbocycles. The van der Waals surface area contributed by atoms with Gasteiger partial charge in [-0.15, -0.1) is 0 Å². The number of hydrogen-bond acceptors (Lipinski definition) is 4. The Balaban J connectivity index is 2.35. The number of guanidine groups is 1. The number of likely N-dealkylation sites (N-methyl/N-ethyl adjacent to an activating group) is 1. The Bertz CT molecular complexity index is 627. The molecule has 0 saturated carbocycles. The number of nitrogens with zero attached hydrogens (tertiary/aromatic N) is 2. The Morgan fingerprint density at radius 2 is 1.72 bits per heavy atom. The maximum atomic E-state index is 11.5. The van der Waals surface area contributed by atoms with Crippen LogP contribution in [-0.4, -0.2) is 65.3 Å². The van der Waals surface area contributed by atoms with Crippen molar-refractivity contribution in [1.29, 1.82) is 0 Å². The van der Waals surface area contributed by atoms with Gasteiger partial charge in [0.1, 0.15) is 0 Å². The number of nitrogens with one attached hydrogen (secondary N) is 2. The Labute approximate surface area is 152 Å². The first kappa shape index (κ1) is 21.4. The van der Waals surface area contributed by atoms with E-state index in [1.165, 1.54) is 12.7 Å². The van der Waals surface area contributed by atoms with Crippen molar-refractivity contribution in [3.8, 4) is 0 Å². The summed E-state index contributed by atoms with van der Waals surface area (Å²) in [5.41, 5.74) is 1.09. The van der Waals surface area contributed by atoms with E-state index in [4.69, 9.17) is 0 Å². The fourth-order valence-electron chi connectivity index (χ4n) is 2.53. The van der Waals surface area contributed by atoms with E-state index in [9.17, 15) is 8.42 Å². The molecule has 0 radical (unpaired) electrons. The van der Waals surface area contributed by atoms with Crippen molar-refractivity contribution in [2.24, 2.45) is 4.99 Å². The predicted molar refractivity (Wildman–Crippen MR) is 105 cm³/mol. The van der Waals surface area contributed by atoms with Crippen molar-refractivity contribution in [3.63, 3.8) is 0 Å². The first-order valence-electron chi connectivity index (χ1n) is 8.86. The van der Waals surface area contributed by atoms with E-state index in [0.717, 1.165) is 50.7 Å². The van der Waals surface area contributed by atoms with Gasteiger partial charge in [-0.3, -0.25) is 4.99 Å². The van der Waals surface area contributed by atoms with Crippen LogP contribution in [0.5, 0.6) is 0 Å². The second-order valence-corrected chi connectivity index (χ2v) is 8.04. The molecule has 0 aliphatic rings. The zero-order chi connectivity index (χ0) is 18.7. The molecule has 0 fully saturated rings. The molecule has 2 N–H and O–H groups in total. The summed E-state index contributed by atoms with van der Waals surface area (Å²) < 4.78 is 22.9. The van der Waals surface area contributed by atoms with Crippen LogP contribution < -0.4 is 10.6 Å². The summed E-state index contributed by atoms with van der Waals surface area (Å²) in [6.07, 6.45) is 3.19. The minimum absolute atomic E-state index is 0.356. The third-order valence-electron chi connectivity index (χ3n) is 3.99. The molecule has 0 unspecified atom stereocenters. The van der Waals surface area contributed by atoms with Gasteiger partial charge >= 0.3 is 0 Å². The van der Waals surface area contributed by atoms with Crippen LogP contribution in [0, 0.1) is 0 Å². The molecule has 1 rings (SSSR count). The number of sulfone groups is 1. The standard InChI is InChI=1S/C18H32N4O2S/c1-5-14-22(6-2)15-13-21-18(19-3)20-12-11-16-7-9-17(10-8-16)25(4,23)24/h7-10H,5-6,11-15H2,1-4H3,(H2,19,20,21). The Hall–Kier alpha value is -1.60. The van der Waals surface area contributed by atoms with E-state index < -0.39 is 9.84 Å². The van der Waals surface area contributed by atoms with Gasteiger partial charge in [-0.2, -0.15) is 0 Å². The number of rotatable bonds is 10. The first-order chi connectivity index (χ1) is 11.9. The van der Waals surface area contributed by atoms with Crippen molar-refractivity contribution in [3.05, 3.63) is 29.8 Å². The second kappa shape index (κ2) is 11.1. The minimum atomic E-state index is -3.13. The highest BCUT2D eigenvalue weighted by molar-refractivity contribution is 7.90. The molecule has 0 aliphatic heterocycles. The number of hydrogen-bond donors (Lipinski definition) is 2. The van der Waals surface area contributed by atoms with Gasteiger partial charge in [0.25, 0.3) is 0 Å². The third kappa shape index (κ3) is 8.36. The molecule has 0 saturated heterocycles. The smallest absolute Gasteiger partial charge is 0.191 e. The number of benzene rings is 1. The van der Waals surface area contributed by atoms with Gasteiger partial charge < -0.3 is 15.5 Å². The van der Waals surface area contributed by atoms with Crippen molar-refractivity contribution in [2.45, 2.75) is 31.6 Å². The molecular formula is C18H32N4O2S. The highest BCUT2D eigenvalue weighted by atomic mass is 32.2. The van der Waals surface area contributed by atoms with Crippen molar-refractivity contribution < 1.29 is 8.42 Å². The van der Waals surface area contributed by atoms with Gasteiger partial charge in [-0.1, -0.05) is 26.0 Å². The number of aliphatic imine (C=N–C) groups is 1. The van der Waals surface area contributed by atoms with Crippen LogP contribution in [-0.2, 0) is 16.3 Å². The second-order valence-electron chi connectivity index (χ2n) is 6.03. The van der Waals surface area contributed by atoms with Crippen LogP contribution in [0.3, 0.4) is 0 Å². The lowest BCUT2D eigenvalue weighted by Gasteiger charge is -2.20. The van der Waals surface area contributed by atoms with Gasteiger partial charge in [-0.25, -0.2) is 8.42 Å². The molecule has 6 nitrogen and oxygen atoms in total. The average molecular weight is 369 g/mol. The molecule has 0 spiro atoms. The molecule has 0 aromatic heterocycles. The Morgan fingerprint density at radius 1 is 1.08 bits per heavy atom. The van der Waals surface area contributed by atoms with Crippen LogP contribution in [0.4, 0.5) is 0 Å². The molecule has 0 amide bonds. The van der Waals surface area contributed by atoms with E-state index in [0.29, 0.717) is 4.90 Å². The normalized spacial score (nSPS) is 12.4. The van der Waals surface area contributed by atoms with Gasteiger partial charge in [0, 0.05) is 32.9 Å². The summed E-state index contributed by atoms with van der Waals surface area (Å²) in [5, 5.41) is 6.61. The first-order valence-corrected chi connectivity index (χ1v) is 10.8. The largest absolute Gasteiger partial charge is 0.356 e. The molecule has 0 heterocycles. The van der Waals surface area contributed by atoms with Crippen molar-refractivity contribution >= 4 is 15.8 Å². The third-order valence-corrected chi connectivity index (χ3v) is 5.12. The Kier molecular flexibility index (Phi) is 9.52. The molecule has 142 valence electrons. The van der Waals surface area contributed by atoms with Gasteiger partial charge in [0.15, 0.2) is 15.8 Å². The average Bonchev–Trinajstić information content (AvgIpc) is 2.59. The zero-order valence-corrected chi connectivity index (χ0v) is 16.7. The molecule has 0 aliphatic carbocycles. The summed E-state index contributed by atoms with van der Waals surface area (Å²) in [4.78, 5) is 6.99. The quantitative estimate of drug-likeness (QED) is 0.484. The van der Waals surface area contributed by atoms with Crippen molar-refractivity contribution in [2.75, 3.05) is 46.0 Å². The van der Waals surface area contributed by atoms with Crippen molar-refractivity contribution in [1.82, 2.24) is 15.5 Å². The molecule has 0 atom stereocenters. The monoisotopic (exact) mass is 368 g/mol. The van der Waals surface area contributed by atoms with E-state index in [-0.39, 0.29) is 0 Å². The fourth-order valence-corrected chi connectivity index (χ4v) is 3.16. The summed E-state index contributed by atoms with van der Waals surface area (Å²) in [6.45, 7) is 9.15. The van der Waals surface area contributed by atoms with Crippen LogP contribution in [0.2, 0.25) is 0 Å². The topological polar surface area (TPSA) is 73.8 Å². The molecule has 7 heteroatoms. The summed E-state index contributed by atoms with van der Waals surface area (Å²) in [5.74, 6) is 0.792. The van der Waals surface area contributed by atoms with Gasteiger partial charge in [-0.05, 0) is 43.6 Å².